The molecular weight excluding hydrogens is 451 g/mol. The number of hydrogen-bond donors (Lipinski definition) is 2. The van der Waals surface area contributed by atoms with Gasteiger partial charge in [-0.15, -0.1) is 24.0 Å². The van der Waals surface area contributed by atoms with Crippen LogP contribution in [0.5, 0.6) is 0 Å². The SMILES string of the molecule is CCNC(=NCCc1c[nH]c2c(C)cccc12)N1CCC(COCC)C1.I. The van der Waals surface area contributed by atoms with Crippen molar-refractivity contribution in [1.29, 1.82) is 0 Å². The van der Waals surface area contributed by atoms with Crippen LogP contribution in [0.25, 0.3) is 10.9 Å². The van der Waals surface area contributed by atoms with E-state index in [-0.39, 0.29) is 24.0 Å². The molecule has 5 nitrogen and oxygen atoms in total. The molecule has 0 bridgehead atoms. The number of nitrogens with zero attached hydrogens (tertiary/aromatic N) is 2. The summed E-state index contributed by atoms with van der Waals surface area (Å²) in [5, 5.41) is 4.78. The molecule has 1 aliphatic rings. The molecule has 1 saturated heterocycles. The number of aliphatic imine (C=N–C) groups is 1. The molecule has 27 heavy (non-hydrogen) atoms. The standard InChI is InChI=1S/C21H32N4O.HI/c1-4-22-21(25-12-10-17(14-25)15-26-5-2)23-11-9-18-13-24-20-16(3)7-6-8-19(18)20;/h6-8,13,17,24H,4-5,9-12,14-15H2,1-3H3,(H,22,23);1H. The van der Waals surface area contributed by atoms with Gasteiger partial charge in [-0.2, -0.15) is 0 Å². The van der Waals surface area contributed by atoms with Crippen molar-refractivity contribution in [3.8, 4) is 0 Å². The van der Waals surface area contributed by atoms with Gasteiger partial charge in [0, 0.05) is 55.8 Å². The van der Waals surface area contributed by atoms with E-state index in [0.717, 1.165) is 51.8 Å². The van der Waals surface area contributed by atoms with Crippen molar-refractivity contribution in [2.75, 3.05) is 39.4 Å². The zero-order valence-corrected chi connectivity index (χ0v) is 19.1. The van der Waals surface area contributed by atoms with Crippen LogP contribution >= 0.6 is 24.0 Å². The number of hydrogen-bond acceptors (Lipinski definition) is 2. The van der Waals surface area contributed by atoms with Crippen LogP contribution in [0.3, 0.4) is 0 Å². The van der Waals surface area contributed by atoms with Gasteiger partial charge in [0.1, 0.15) is 0 Å². The van der Waals surface area contributed by atoms with Crippen molar-refractivity contribution < 1.29 is 4.74 Å². The van der Waals surface area contributed by atoms with Gasteiger partial charge in [0.15, 0.2) is 5.96 Å². The summed E-state index contributed by atoms with van der Waals surface area (Å²) in [7, 11) is 0. The molecule has 150 valence electrons. The van der Waals surface area contributed by atoms with Crippen molar-refractivity contribution in [3.63, 3.8) is 0 Å². The van der Waals surface area contributed by atoms with Crippen molar-refractivity contribution in [2.24, 2.45) is 10.9 Å². The topological polar surface area (TPSA) is 52.7 Å². The maximum Gasteiger partial charge on any atom is 0.193 e. The molecule has 0 saturated carbocycles. The van der Waals surface area contributed by atoms with Crippen LogP contribution in [0.1, 0.15) is 31.4 Å². The van der Waals surface area contributed by atoms with Crippen LogP contribution in [0.15, 0.2) is 29.4 Å². The Morgan fingerprint density at radius 3 is 3.00 bits per heavy atom. The van der Waals surface area contributed by atoms with E-state index in [1.807, 2.05) is 0 Å². The van der Waals surface area contributed by atoms with Gasteiger partial charge in [0.25, 0.3) is 0 Å². The summed E-state index contributed by atoms with van der Waals surface area (Å²) in [6.45, 7) is 11.8. The first-order valence-corrected chi connectivity index (χ1v) is 9.89. The van der Waals surface area contributed by atoms with Gasteiger partial charge in [0.05, 0.1) is 6.61 Å². The number of aromatic amines is 1. The number of ether oxygens (including phenoxy) is 1. The second kappa shape index (κ2) is 10.9. The average Bonchev–Trinajstić information content (AvgIpc) is 3.27. The summed E-state index contributed by atoms with van der Waals surface area (Å²) in [5.74, 6) is 1.66. The molecule has 0 aliphatic carbocycles. The highest BCUT2D eigenvalue weighted by Crippen LogP contribution is 2.22. The molecule has 1 unspecified atom stereocenters. The zero-order valence-electron chi connectivity index (χ0n) is 16.8. The van der Waals surface area contributed by atoms with Crippen LogP contribution in [-0.4, -0.2) is 55.2 Å². The van der Waals surface area contributed by atoms with Crippen LogP contribution in [0.2, 0.25) is 0 Å². The number of halogens is 1. The van der Waals surface area contributed by atoms with Crippen molar-refractivity contribution in [1.82, 2.24) is 15.2 Å². The van der Waals surface area contributed by atoms with Gasteiger partial charge in [-0.05, 0) is 44.7 Å². The lowest BCUT2D eigenvalue weighted by atomic mass is 10.1. The molecule has 1 atom stereocenters. The van der Waals surface area contributed by atoms with E-state index >= 15 is 0 Å². The van der Waals surface area contributed by atoms with E-state index in [1.54, 1.807) is 0 Å². The van der Waals surface area contributed by atoms with Crippen LogP contribution < -0.4 is 5.32 Å². The predicted molar refractivity (Wildman–Crippen MR) is 124 cm³/mol. The van der Waals surface area contributed by atoms with Crippen molar-refractivity contribution in [3.05, 3.63) is 35.5 Å². The van der Waals surface area contributed by atoms with Gasteiger partial charge in [0.2, 0.25) is 0 Å². The van der Waals surface area contributed by atoms with E-state index < -0.39 is 0 Å². The Labute approximate surface area is 180 Å². The fourth-order valence-corrected chi connectivity index (χ4v) is 3.72. The molecule has 0 spiro atoms. The molecule has 0 radical (unpaired) electrons. The first-order chi connectivity index (χ1) is 12.7. The summed E-state index contributed by atoms with van der Waals surface area (Å²) in [4.78, 5) is 10.7. The third-order valence-electron chi connectivity index (χ3n) is 5.13. The fraction of sp³-hybridized carbons (Fsp3) is 0.571. The van der Waals surface area contributed by atoms with Gasteiger partial charge < -0.3 is 19.9 Å². The van der Waals surface area contributed by atoms with E-state index in [1.165, 1.54) is 28.5 Å². The van der Waals surface area contributed by atoms with Crippen LogP contribution in [0, 0.1) is 12.8 Å². The molecular formula is C21H33IN4O. The monoisotopic (exact) mass is 484 g/mol. The van der Waals surface area contributed by atoms with E-state index in [2.05, 4.69) is 60.4 Å². The molecule has 1 aromatic carbocycles. The van der Waals surface area contributed by atoms with Gasteiger partial charge in [-0.1, -0.05) is 18.2 Å². The number of guanidine groups is 1. The molecule has 2 heterocycles. The number of aromatic nitrogens is 1. The molecule has 1 fully saturated rings. The highest BCUT2D eigenvalue weighted by Gasteiger charge is 2.24. The van der Waals surface area contributed by atoms with E-state index in [4.69, 9.17) is 9.73 Å². The lowest BCUT2D eigenvalue weighted by Gasteiger charge is -2.21. The van der Waals surface area contributed by atoms with E-state index in [0.29, 0.717) is 5.92 Å². The lowest BCUT2D eigenvalue weighted by molar-refractivity contribution is 0.114. The van der Waals surface area contributed by atoms with Gasteiger partial charge in [-0.3, -0.25) is 4.99 Å². The second-order valence-corrected chi connectivity index (χ2v) is 7.06. The number of nitrogens with one attached hydrogen (secondary N) is 2. The highest BCUT2D eigenvalue weighted by atomic mass is 127. The third-order valence-corrected chi connectivity index (χ3v) is 5.13. The fourth-order valence-electron chi connectivity index (χ4n) is 3.72. The normalized spacial score (nSPS) is 17.4. The molecule has 0 amide bonds. The summed E-state index contributed by atoms with van der Waals surface area (Å²) < 4.78 is 5.60. The minimum absolute atomic E-state index is 0. The summed E-state index contributed by atoms with van der Waals surface area (Å²) in [6, 6.07) is 6.48. The Morgan fingerprint density at radius 2 is 2.22 bits per heavy atom. The Kier molecular flexibility index (Phi) is 8.89. The number of aryl methyl sites for hydroxylation is 1. The van der Waals surface area contributed by atoms with Crippen molar-refractivity contribution >= 4 is 40.8 Å². The smallest absolute Gasteiger partial charge is 0.193 e. The highest BCUT2D eigenvalue weighted by molar-refractivity contribution is 14.0. The molecule has 2 aromatic rings. The largest absolute Gasteiger partial charge is 0.381 e. The predicted octanol–water partition coefficient (Wildman–Crippen LogP) is 3.96. The number of para-hydroxylation sites is 1. The number of fused-ring (bicyclic) bond motifs is 1. The van der Waals surface area contributed by atoms with Crippen LogP contribution in [-0.2, 0) is 11.2 Å². The first kappa shape index (κ1) is 22.0. The summed E-state index contributed by atoms with van der Waals surface area (Å²) >= 11 is 0. The maximum atomic E-state index is 5.60. The lowest BCUT2D eigenvalue weighted by Crippen LogP contribution is -2.40. The number of rotatable bonds is 7. The molecule has 2 N–H and O–H groups in total. The Hall–Kier alpha value is -1.28. The molecule has 3 rings (SSSR count). The van der Waals surface area contributed by atoms with Crippen molar-refractivity contribution in [2.45, 2.75) is 33.6 Å². The second-order valence-electron chi connectivity index (χ2n) is 7.06. The average molecular weight is 484 g/mol. The quantitative estimate of drug-likeness (QED) is 0.356. The minimum Gasteiger partial charge on any atom is -0.381 e. The van der Waals surface area contributed by atoms with E-state index in [9.17, 15) is 0 Å². The minimum atomic E-state index is 0. The van der Waals surface area contributed by atoms with Gasteiger partial charge >= 0.3 is 0 Å². The zero-order chi connectivity index (χ0) is 18.4. The molecule has 1 aromatic heterocycles. The van der Waals surface area contributed by atoms with Crippen LogP contribution in [0.4, 0.5) is 0 Å². The third kappa shape index (κ3) is 5.60. The maximum absolute atomic E-state index is 5.60. The first-order valence-electron chi connectivity index (χ1n) is 9.89. The summed E-state index contributed by atoms with van der Waals surface area (Å²) in [5.41, 5.74) is 3.89. The number of benzene rings is 1. The Bertz CT molecular complexity index is 743. The number of likely N-dealkylation sites (tertiary alicyclic amines) is 1. The molecule has 6 heteroatoms. The number of H-pyrrole nitrogens is 1. The summed E-state index contributed by atoms with van der Waals surface area (Å²) in [6.07, 6.45) is 4.27. The van der Waals surface area contributed by atoms with Gasteiger partial charge in [-0.25, -0.2) is 0 Å². The molecule has 1 aliphatic heterocycles. The Morgan fingerprint density at radius 1 is 1.37 bits per heavy atom. The Balaban J connectivity index is 0.00000261.